The van der Waals surface area contributed by atoms with Crippen molar-refractivity contribution in [2.45, 2.75) is 45.6 Å². The van der Waals surface area contributed by atoms with E-state index in [1.54, 1.807) is 12.3 Å². The van der Waals surface area contributed by atoms with Crippen LogP contribution in [-0.4, -0.2) is 14.5 Å². The maximum absolute atomic E-state index is 12.3. The molecule has 0 saturated heterocycles. The Bertz CT molecular complexity index is 691. The summed E-state index contributed by atoms with van der Waals surface area (Å²) < 4.78 is 1.83. The number of fused-ring (bicyclic) bond motifs is 1. The third-order valence-corrected chi connectivity index (χ3v) is 5.11. The summed E-state index contributed by atoms with van der Waals surface area (Å²) in [5.41, 5.74) is 6.86. The van der Waals surface area contributed by atoms with Gasteiger partial charge >= 0.3 is 4.87 Å². The molecule has 1 aliphatic carbocycles. The molecule has 112 valence electrons. The molecule has 2 aromatic rings. The van der Waals surface area contributed by atoms with Gasteiger partial charge in [-0.05, 0) is 31.2 Å². The van der Waals surface area contributed by atoms with Gasteiger partial charge in [-0.25, -0.2) is 9.97 Å². The van der Waals surface area contributed by atoms with Gasteiger partial charge < -0.3 is 5.73 Å². The first-order valence-electron chi connectivity index (χ1n) is 7.46. The van der Waals surface area contributed by atoms with E-state index in [0.29, 0.717) is 18.2 Å². The van der Waals surface area contributed by atoms with E-state index in [1.807, 2.05) is 4.57 Å². The first-order valence-corrected chi connectivity index (χ1v) is 8.27. The Morgan fingerprint density at radius 3 is 3.14 bits per heavy atom. The van der Waals surface area contributed by atoms with E-state index < -0.39 is 0 Å². The molecule has 1 aliphatic rings. The van der Waals surface area contributed by atoms with Gasteiger partial charge in [0.25, 0.3) is 0 Å². The van der Waals surface area contributed by atoms with Gasteiger partial charge in [-0.2, -0.15) is 0 Å². The molecule has 2 N–H and O–H groups in total. The zero-order chi connectivity index (χ0) is 14.8. The maximum Gasteiger partial charge on any atom is 0.307 e. The predicted octanol–water partition coefficient (Wildman–Crippen LogP) is 2.24. The van der Waals surface area contributed by atoms with E-state index in [2.05, 4.69) is 16.9 Å². The van der Waals surface area contributed by atoms with Crippen molar-refractivity contribution in [3.05, 3.63) is 38.3 Å². The third kappa shape index (κ3) is 3.00. The third-order valence-electron chi connectivity index (χ3n) is 4.07. The van der Waals surface area contributed by atoms with Gasteiger partial charge in [-0.3, -0.25) is 9.36 Å². The number of nitrogens with two attached hydrogens (primary N) is 1. The zero-order valence-electron chi connectivity index (χ0n) is 12.2. The number of aromatic nitrogens is 3. The monoisotopic (exact) mass is 304 g/mol. The topological polar surface area (TPSA) is 73.8 Å². The van der Waals surface area contributed by atoms with Crippen molar-refractivity contribution >= 4 is 17.2 Å². The Balaban J connectivity index is 1.86. The quantitative estimate of drug-likeness (QED) is 0.940. The van der Waals surface area contributed by atoms with Crippen molar-refractivity contribution < 1.29 is 0 Å². The van der Waals surface area contributed by atoms with E-state index in [4.69, 9.17) is 5.73 Å². The van der Waals surface area contributed by atoms with Crippen LogP contribution in [0, 0.1) is 5.92 Å². The molecule has 2 aromatic heterocycles. The minimum absolute atomic E-state index is 0.100. The molecule has 0 unspecified atom stereocenters. The molecule has 21 heavy (non-hydrogen) atoms. The fourth-order valence-electron chi connectivity index (χ4n) is 3.07. The van der Waals surface area contributed by atoms with Crippen LogP contribution in [-0.2, 0) is 19.4 Å². The molecule has 0 spiro atoms. The molecule has 3 rings (SSSR count). The Kier molecular flexibility index (Phi) is 4.05. The van der Waals surface area contributed by atoms with Crippen LogP contribution in [0.5, 0.6) is 0 Å². The van der Waals surface area contributed by atoms with E-state index in [-0.39, 0.29) is 4.87 Å². The van der Waals surface area contributed by atoms with E-state index in [1.165, 1.54) is 41.2 Å². The van der Waals surface area contributed by atoms with Crippen LogP contribution in [0.1, 0.15) is 42.6 Å². The minimum Gasteiger partial charge on any atom is -0.384 e. The molecule has 0 fully saturated rings. The van der Waals surface area contributed by atoms with Crippen LogP contribution in [0.25, 0.3) is 0 Å². The van der Waals surface area contributed by atoms with Crippen molar-refractivity contribution in [3.8, 4) is 0 Å². The molecule has 0 aromatic carbocycles. The largest absolute Gasteiger partial charge is 0.384 e. The summed E-state index contributed by atoms with van der Waals surface area (Å²) in [7, 11) is 0. The van der Waals surface area contributed by atoms with E-state index >= 15 is 0 Å². The normalized spacial score (nSPS) is 17.7. The Morgan fingerprint density at radius 2 is 2.38 bits per heavy atom. The Morgan fingerprint density at radius 1 is 1.52 bits per heavy atom. The molecule has 1 atom stereocenters. The van der Waals surface area contributed by atoms with Gasteiger partial charge in [-0.1, -0.05) is 31.1 Å². The first-order chi connectivity index (χ1) is 10.2. The molecule has 0 bridgehead atoms. The summed E-state index contributed by atoms with van der Waals surface area (Å²) in [4.78, 5) is 22.0. The van der Waals surface area contributed by atoms with Crippen LogP contribution < -0.4 is 10.6 Å². The molecule has 2 heterocycles. The molecule has 6 heteroatoms. The van der Waals surface area contributed by atoms with Crippen molar-refractivity contribution in [3.63, 3.8) is 0 Å². The number of nitrogens with zero attached hydrogens (tertiary/aromatic N) is 3. The molecular weight excluding hydrogens is 284 g/mol. The highest BCUT2D eigenvalue weighted by molar-refractivity contribution is 7.09. The number of hydrogen-bond acceptors (Lipinski definition) is 5. The standard InChI is InChI=1S/C15H20N4OS/c1-2-3-10-4-5-11-12(8-10)21-15(20)19(11)9-14-17-7-6-13(16)18-14/h6-7,10H,2-5,8-9H2,1H3,(H2,16,17,18)/t10-/m0/s1. The van der Waals surface area contributed by atoms with Crippen LogP contribution in [0.15, 0.2) is 17.1 Å². The highest BCUT2D eigenvalue weighted by atomic mass is 32.1. The van der Waals surface area contributed by atoms with Crippen LogP contribution in [0.4, 0.5) is 5.82 Å². The van der Waals surface area contributed by atoms with Crippen LogP contribution in [0.3, 0.4) is 0 Å². The number of thiazole rings is 1. The number of hydrogen-bond donors (Lipinski definition) is 1. The highest BCUT2D eigenvalue weighted by Gasteiger charge is 2.24. The van der Waals surface area contributed by atoms with Crippen LogP contribution in [0.2, 0.25) is 0 Å². The number of rotatable bonds is 4. The second-order valence-corrected chi connectivity index (χ2v) is 6.67. The average molecular weight is 304 g/mol. The summed E-state index contributed by atoms with van der Waals surface area (Å²) in [6.07, 6.45) is 7.32. The molecule has 0 saturated carbocycles. The smallest absolute Gasteiger partial charge is 0.307 e. The summed E-state index contributed by atoms with van der Waals surface area (Å²) in [6, 6.07) is 1.66. The van der Waals surface area contributed by atoms with Gasteiger partial charge in [0.15, 0.2) is 0 Å². The minimum atomic E-state index is 0.100. The van der Waals surface area contributed by atoms with Crippen LogP contribution >= 0.6 is 11.3 Å². The SMILES string of the molecule is CCC[C@H]1CCc2c(sc(=O)n2Cc2nccc(N)n2)C1. The van der Waals surface area contributed by atoms with Crippen molar-refractivity contribution in [2.75, 3.05) is 5.73 Å². The van der Waals surface area contributed by atoms with Gasteiger partial charge in [-0.15, -0.1) is 0 Å². The molecule has 0 aliphatic heterocycles. The first kappa shape index (κ1) is 14.3. The lowest BCUT2D eigenvalue weighted by Gasteiger charge is -2.22. The average Bonchev–Trinajstić information content (AvgIpc) is 2.75. The fraction of sp³-hybridized carbons (Fsp3) is 0.533. The summed E-state index contributed by atoms with van der Waals surface area (Å²) in [5.74, 6) is 1.78. The second-order valence-electron chi connectivity index (χ2n) is 5.62. The molecule has 0 amide bonds. The molecule has 5 nitrogen and oxygen atoms in total. The lowest BCUT2D eigenvalue weighted by molar-refractivity contribution is 0.416. The number of anilines is 1. The van der Waals surface area contributed by atoms with Gasteiger partial charge in [0.1, 0.15) is 11.6 Å². The Labute approximate surface area is 127 Å². The molecule has 0 radical (unpaired) electrons. The summed E-state index contributed by atoms with van der Waals surface area (Å²) in [5, 5.41) is 0. The van der Waals surface area contributed by atoms with Crippen molar-refractivity contribution in [1.82, 2.24) is 14.5 Å². The number of nitrogen functional groups attached to an aromatic ring is 1. The molecular formula is C15H20N4OS. The van der Waals surface area contributed by atoms with Gasteiger partial charge in [0, 0.05) is 16.8 Å². The lowest BCUT2D eigenvalue weighted by atomic mass is 9.88. The Hall–Kier alpha value is -1.69. The van der Waals surface area contributed by atoms with Gasteiger partial charge in [0.05, 0.1) is 6.54 Å². The zero-order valence-corrected chi connectivity index (χ0v) is 13.0. The summed E-state index contributed by atoms with van der Waals surface area (Å²) in [6.45, 7) is 2.65. The fourth-order valence-corrected chi connectivity index (χ4v) is 4.21. The van der Waals surface area contributed by atoms with E-state index in [9.17, 15) is 4.79 Å². The van der Waals surface area contributed by atoms with Crippen molar-refractivity contribution in [2.24, 2.45) is 5.92 Å². The van der Waals surface area contributed by atoms with Gasteiger partial charge in [0.2, 0.25) is 0 Å². The van der Waals surface area contributed by atoms with E-state index in [0.717, 1.165) is 18.8 Å². The highest BCUT2D eigenvalue weighted by Crippen LogP contribution is 2.30. The lowest BCUT2D eigenvalue weighted by Crippen LogP contribution is -2.21. The van der Waals surface area contributed by atoms with Crippen molar-refractivity contribution in [1.29, 1.82) is 0 Å². The maximum atomic E-state index is 12.3. The second kappa shape index (κ2) is 5.97. The summed E-state index contributed by atoms with van der Waals surface area (Å²) >= 11 is 1.39. The predicted molar refractivity (Wildman–Crippen MR) is 84.5 cm³/mol.